The van der Waals surface area contributed by atoms with Gasteiger partial charge in [0.1, 0.15) is 24.2 Å². The Balaban J connectivity index is 2.34. The summed E-state index contributed by atoms with van der Waals surface area (Å²) in [5, 5.41) is 15.5. The molecule has 0 radical (unpaired) electrons. The number of hydrogen-bond acceptors (Lipinski definition) is 6. The van der Waals surface area contributed by atoms with Crippen molar-refractivity contribution in [3.05, 3.63) is 35.5 Å². The first-order valence-electron chi connectivity index (χ1n) is 8.28. The Hall–Kier alpha value is -2.98. The number of halogens is 5. The van der Waals surface area contributed by atoms with Crippen LogP contribution in [0.3, 0.4) is 0 Å². The highest BCUT2D eigenvalue weighted by Crippen LogP contribution is 2.34. The van der Waals surface area contributed by atoms with Gasteiger partial charge in [0.25, 0.3) is 0 Å². The molecule has 28 heavy (non-hydrogen) atoms. The second-order valence-corrected chi connectivity index (χ2v) is 5.77. The molecule has 0 saturated carbocycles. The molecule has 1 aromatic heterocycles. The Morgan fingerprint density at radius 3 is 2.54 bits per heavy atom. The molecule has 0 aliphatic carbocycles. The van der Waals surface area contributed by atoms with Crippen LogP contribution in [0.5, 0.6) is 0 Å². The number of nitrogens with zero attached hydrogens (tertiary/aromatic N) is 2. The number of alkyl halides is 5. The summed E-state index contributed by atoms with van der Waals surface area (Å²) in [6.45, 7) is 0.189. The summed E-state index contributed by atoms with van der Waals surface area (Å²) in [6, 6.07) is 4.82. The Morgan fingerprint density at radius 1 is 1.21 bits per heavy atom. The highest BCUT2D eigenvalue weighted by molar-refractivity contribution is 5.94. The molecule has 0 saturated heterocycles. The second-order valence-electron chi connectivity index (χ2n) is 5.77. The molecule has 1 aromatic carbocycles. The lowest BCUT2D eigenvalue weighted by Crippen LogP contribution is -2.16. The Morgan fingerprint density at radius 2 is 1.93 bits per heavy atom. The minimum absolute atomic E-state index is 0.0262. The lowest BCUT2D eigenvalue weighted by Gasteiger charge is -2.16. The molecule has 2 rings (SSSR count). The lowest BCUT2D eigenvalue weighted by molar-refractivity contribution is -0.137. The summed E-state index contributed by atoms with van der Waals surface area (Å²) in [7, 11) is 0. The molecule has 152 valence electrons. The third-order valence-electron chi connectivity index (χ3n) is 3.55. The normalized spacial score (nSPS) is 12.4. The van der Waals surface area contributed by atoms with Gasteiger partial charge in [-0.05, 0) is 19.1 Å². The zero-order valence-electron chi connectivity index (χ0n) is 14.9. The molecule has 0 bridgehead atoms. The van der Waals surface area contributed by atoms with Gasteiger partial charge in [-0.2, -0.15) is 18.2 Å². The predicted molar refractivity (Wildman–Crippen MR) is 98.2 cm³/mol. The molecule has 11 heteroatoms. The van der Waals surface area contributed by atoms with E-state index in [-0.39, 0.29) is 19.0 Å². The fourth-order valence-corrected chi connectivity index (χ4v) is 2.30. The Labute approximate surface area is 158 Å². The van der Waals surface area contributed by atoms with Gasteiger partial charge in [0, 0.05) is 36.8 Å². The van der Waals surface area contributed by atoms with Gasteiger partial charge in [0.05, 0.1) is 5.69 Å². The van der Waals surface area contributed by atoms with E-state index in [1.807, 2.05) is 0 Å². The molecule has 2 aromatic rings. The van der Waals surface area contributed by atoms with Crippen molar-refractivity contribution < 1.29 is 22.0 Å². The fourth-order valence-electron chi connectivity index (χ4n) is 2.30. The van der Waals surface area contributed by atoms with Crippen LogP contribution in [0.15, 0.2) is 24.4 Å². The maximum Gasteiger partial charge on any atom is 0.421 e. The van der Waals surface area contributed by atoms with Gasteiger partial charge in [-0.1, -0.05) is 6.07 Å². The molecule has 4 N–H and O–H groups in total. The molecule has 0 aliphatic rings. The number of anilines is 4. The monoisotopic (exact) mass is 402 g/mol. The van der Waals surface area contributed by atoms with Crippen molar-refractivity contribution in [2.45, 2.75) is 19.3 Å². The highest BCUT2D eigenvalue weighted by Gasteiger charge is 2.35. The Kier molecular flexibility index (Phi) is 7.07. The van der Waals surface area contributed by atoms with Crippen LogP contribution in [-0.4, -0.2) is 42.1 Å². The van der Waals surface area contributed by atoms with Crippen molar-refractivity contribution >= 4 is 29.4 Å². The lowest BCUT2D eigenvalue weighted by atomic mass is 10.1. The first kappa shape index (κ1) is 21.3. The van der Waals surface area contributed by atoms with Crippen LogP contribution in [0.25, 0.3) is 0 Å². The second kappa shape index (κ2) is 9.29. The molecule has 1 atom stereocenters. The fraction of sp³-hybridized carbons (Fsp3) is 0.353. The topological polar surface area (TPSA) is 85.7 Å². The third-order valence-corrected chi connectivity index (χ3v) is 3.55. The van der Waals surface area contributed by atoms with Gasteiger partial charge in [0.15, 0.2) is 0 Å². The molecule has 0 amide bonds. The number of benzene rings is 1. The van der Waals surface area contributed by atoms with E-state index < -0.39 is 30.4 Å². The Bertz CT molecular complexity index is 809. The van der Waals surface area contributed by atoms with E-state index in [9.17, 15) is 22.0 Å². The van der Waals surface area contributed by atoms with Crippen LogP contribution >= 0.6 is 0 Å². The molecular weight excluding hydrogens is 383 g/mol. The van der Waals surface area contributed by atoms with Crippen LogP contribution in [0.2, 0.25) is 0 Å². The molecule has 6 nitrogen and oxygen atoms in total. The van der Waals surface area contributed by atoms with Crippen LogP contribution < -0.4 is 16.0 Å². The molecule has 1 unspecified atom stereocenters. The third kappa shape index (κ3) is 5.51. The summed E-state index contributed by atoms with van der Waals surface area (Å²) in [6.07, 6.45) is -4.21. The predicted octanol–water partition coefficient (Wildman–Crippen LogP) is 4.39. The summed E-state index contributed by atoms with van der Waals surface area (Å²) in [4.78, 5) is 7.43. The molecule has 0 aliphatic heterocycles. The number of aromatic nitrogens is 2. The summed E-state index contributed by atoms with van der Waals surface area (Å²) < 4.78 is 64.6. The van der Waals surface area contributed by atoms with Crippen LogP contribution in [-0.2, 0) is 6.18 Å². The largest absolute Gasteiger partial charge is 0.421 e. The van der Waals surface area contributed by atoms with E-state index in [1.165, 1.54) is 6.92 Å². The van der Waals surface area contributed by atoms with Gasteiger partial charge in [-0.25, -0.2) is 13.8 Å². The van der Waals surface area contributed by atoms with Crippen LogP contribution in [0, 0.1) is 5.41 Å². The smallest absolute Gasteiger partial charge is 0.382 e. The minimum Gasteiger partial charge on any atom is -0.382 e. The van der Waals surface area contributed by atoms with Gasteiger partial charge >= 0.3 is 6.18 Å². The maximum absolute atomic E-state index is 13.1. The van der Waals surface area contributed by atoms with E-state index in [4.69, 9.17) is 5.41 Å². The zero-order valence-corrected chi connectivity index (χ0v) is 14.9. The highest BCUT2D eigenvalue weighted by atomic mass is 19.4. The zero-order chi connectivity index (χ0) is 20.7. The first-order chi connectivity index (χ1) is 13.3. The molecule has 1 heterocycles. The van der Waals surface area contributed by atoms with Crippen molar-refractivity contribution in [1.29, 1.82) is 5.41 Å². The number of rotatable bonds is 9. The molecule has 0 spiro atoms. The van der Waals surface area contributed by atoms with E-state index in [1.54, 1.807) is 18.2 Å². The van der Waals surface area contributed by atoms with E-state index in [0.717, 1.165) is 6.21 Å². The quantitative estimate of drug-likeness (QED) is 0.369. The average molecular weight is 402 g/mol. The summed E-state index contributed by atoms with van der Waals surface area (Å²) in [5.41, 5.74) is 0.0333. The van der Waals surface area contributed by atoms with Gasteiger partial charge < -0.3 is 21.4 Å². The summed E-state index contributed by atoms with van der Waals surface area (Å²) >= 11 is 0. The molecular formula is C17H19F5N6. The van der Waals surface area contributed by atoms with Crippen molar-refractivity contribution in [2.24, 2.45) is 0 Å². The summed E-state index contributed by atoms with van der Waals surface area (Å²) in [5.74, 6) is -0.729. The van der Waals surface area contributed by atoms with Gasteiger partial charge in [-0.15, -0.1) is 0 Å². The maximum atomic E-state index is 13.1. The van der Waals surface area contributed by atoms with Crippen molar-refractivity contribution in [3.8, 4) is 0 Å². The van der Waals surface area contributed by atoms with Crippen molar-refractivity contribution in [1.82, 2.24) is 9.97 Å². The molecule has 0 fully saturated rings. The number of hydrogen-bond donors (Lipinski definition) is 4. The van der Waals surface area contributed by atoms with Crippen LogP contribution in [0.1, 0.15) is 18.1 Å². The van der Waals surface area contributed by atoms with E-state index in [0.29, 0.717) is 23.1 Å². The average Bonchev–Trinajstić information content (AvgIpc) is 2.64. The van der Waals surface area contributed by atoms with E-state index >= 15 is 0 Å². The van der Waals surface area contributed by atoms with E-state index in [2.05, 4.69) is 25.9 Å². The van der Waals surface area contributed by atoms with Gasteiger partial charge in [-0.3, -0.25) is 0 Å². The number of nitrogens with one attached hydrogen (secondary N) is 4. The van der Waals surface area contributed by atoms with Crippen molar-refractivity contribution in [3.63, 3.8) is 0 Å². The van der Waals surface area contributed by atoms with Crippen LogP contribution in [0.4, 0.5) is 45.1 Å². The van der Waals surface area contributed by atoms with Crippen molar-refractivity contribution in [2.75, 3.05) is 35.7 Å². The SMILES string of the molecule is CC(F)CNc1cccc(Nc2ncc(C(F)(F)F)c(NCCF)n2)c1C=N. The standard InChI is InChI=1S/C17H19F5N6/c1-10(19)8-25-13-3-2-4-14(11(13)7-23)27-16-26-9-12(17(20,21)22)15(28-16)24-6-5-18/h2-4,7,9-10,23,25H,5-6,8H2,1H3,(H2,24,26,27,28). The first-order valence-corrected chi connectivity index (χ1v) is 8.28. The van der Waals surface area contributed by atoms with Gasteiger partial charge in [0.2, 0.25) is 5.95 Å². The minimum atomic E-state index is -4.70.